The molecule has 0 heterocycles. The smallest absolute Gasteiger partial charge is 0.870 e. The average Bonchev–Trinajstić information content (AvgIpc) is 2.40. The minimum absolute atomic E-state index is 0. The molecule has 0 amide bonds. The van der Waals surface area contributed by atoms with E-state index in [1.54, 1.807) is 0 Å². The number of aliphatic carboxylic acids is 2. The minimum atomic E-state index is -0.893. The Bertz CT molecular complexity index is 233. The normalized spacial score (nSPS) is 11.8. The van der Waals surface area contributed by atoms with Gasteiger partial charge in [-0.1, -0.05) is 53.4 Å². The van der Waals surface area contributed by atoms with Gasteiger partial charge in [0.2, 0.25) is 0 Å². The van der Waals surface area contributed by atoms with Crippen molar-refractivity contribution in [3.8, 4) is 0 Å². The van der Waals surface area contributed by atoms with E-state index in [9.17, 15) is 19.8 Å². The summed E-state index contributed by atoms with van der Waals surface area (Å²) in [6.45, 7) is 7.89. The first-order valence-electron chi connectivity index (χ1n) is 7.86. The number of carboxylic acid groups (broad SMARTS) is 2. The Balaban J connectivity index is -0.000000135. The van der Waals surface area contributed by atoms with Gasteiger partial charge in [0.15, 0.2) is 0 Å². The Morgan fingerprint density at radius 1 is 0.773 bits per heavy atom. The van der Waals surface area contributed by atoms with Gasteiger partial charge in [0.1, 0.15) is 0 Å². The largest absolute Gasteiger partial charge is 3.00 e. The van der Waals surface area contributed by atoms with Gasteiger partial charge in [-0.05, 0) is 37.5 Å². The van der Waals surface area contributed by atoms with E-state index in [2.05, 4.69) is 13.8 Å². The van der Waals surface area contributed by atoms with E-state index in [-0.39, 0.29) is 43.2 Å². The fraction of sp³-hybridized carbons (Fsp3) is 0.875. The fourth-order valence-electron chi connectivity index (χ4n) is 1.88. The van der Waals surface area contributed by atoms with Gasteiger partial charge in [-0.2, -0.15) is 0 Å². The van der Waals surface area contributed by atoms with Crippen LogP contribution in [-0.2, 0) is 9.59 Å². The molecule has 0 saturated carbocycles. The molecule has 6 heteroatoms. The first-order valence-corrected chi connectivity index (χ1v) is 7.86. The molecular formula is C16H31InO5. The van der Waals surface area contributed by atoms with Crippen LogP contribution in [0.1, 0.15) is 79.1 Å². The predicted molar refractivity (Wildman–Crippen MR) is 84.3 cm³/mol. The fourth-order valence-corrected chi connectivity index (χ4v) is 1.88. The summed E-state index contributed by atoms with van der Waals surface area (Å²) in [4.78, 5) is 20.7. The molecule has 0 aliphatic carbocycles. The molecular weight excluding hydrogens is 387 g/mol. The van der Waals surface area contributed by atoms with Gasteiger partial charge < -0.3 is 25.3 Å². The van der Waals surface area contributed by atoms with Crippen LogP contribution in [0.2, 0.25) is 0 Å². The van der Waals surface area contributed by atoms with Crippen LogP contribution in [0.4, 0.5) is 0 Å². The topological polar surface area (TPSA) is 110 Å². The molecule has 0 spiro atoms. The summed E-state index contributed by atoms with van der Waals surface area (Å²) in [6.07, 6.45) is 7.04. The summed E-state index contributed by atoms with van der Waals surface area (Å²) < 4.78 is 0. The molecule has 0 rings (SSSR count). The van der Waals surface area contributed by atoms with E-state index in [1.165, 1.54) is 0 Å². The molecule has 128 valence electrons. The van der Waals surface area contributed by atoms with Gasteiger partial charge in [-0.3, -0.25) is 0 Å². The first kappa shape index (κ1) is 29.7. The van der Waals surface area contributed by atoms with Crippen LogP contribution in [0, 0.1) is 11.8 Å². The van der Waals surface area contributed by atoms with Gasteiger partial charge in [-0.25, -0.2) is 0 Å². The molecule has 0 aliphatic rings. The molecule has 0 bridgehead atoms. The number of rotatable bonds is 10. The summed E-state index contributed by atoms with van der Waals surface area (Å²) in [5.41, 5.74) is 0. The zero-order valence-electron chi connectivity index (χ0n) is 14.5. The number of carbonyl (C=O) groups excluding carboxylic acids is 2. The summed E-state index contributed by atoms with van der Waals surface area (Å²) >= 11 is 0. The molecule has 1 N–H and O–H groups in total. The summed E-state index contributed by atoms with van der Waals surface area (Å²) in [5, 5.41) is 20.7. The van der Waals surface area contributed by atoms with E-state index in [0.29, 0.717) is 12.8 Å². The molecule has 0 aliphatic heterocycles. The van der Waals surface area contributed by atoms with Gasteiger partial charge in [0.05, 0.1) is 0 Å². The van der Waals surface area contributed by atoms with E-state index in [0.717, 1.165) is 38.5 Å². The van der Waals surface area contributed by atoms with Crippen LogP contribution in [0.25, 0.3) is 0 Å². The van der Waals surface area contributed by atoms with Crippen LogP contribution in [0.5, 0.6) is 0 Å². The number of carbonyl (C=O) groups is 2. The quantitative estimate of drug-likeness (QED) is 0.532. The average molecular weight is 418 g/mol. The third-order valence-electron chi connectivity index (χ3n) is 3.46. The minimum Gasteiger partial charge on any atom is -0.870 e. The van der Waals surface area contributed by atoms with E-state index < -0.39 is 11.9 Å². The molecule has 0 fully saturated rings. The first-order chi connectivity index (χ1) is 9.44. The van der Waals surface area contributed by atoms with Crippen molar-refractivity contribution in [2.45, 2.75) is 79.1 Å². The zero-order chi connectivity index (χ0) is 16.0. The number of hydrogen-bond donors (Lipinski definition) is 0. The van der Waals surface area contributed by atoms with Crippen LogP contribution in [-0.4, -0.2) is 43.3 Å². The maximum absolute atomic E-state index is 10.3. The van der Waals surface area contributed by atoms with Gasteiger partial charge >= 0.3 is 25.8 Å². The molecule has 2 unspecified atom stereocenters. The second-order valence-electron chi connectivity index (χ2n) is 5.13. The Morgan fingerprint density at radius 3 is 1.18 bits per heavy atom. The Morgan fingerprint density at radius 2 is 1.05 bits per heavy atom. The Labute approximate surface area is 154 Å². The third-order valence-corrected chi connectivity index (χ3v) is 3.46. The van der Waals surface area contributed by atoms with Crippen molar-refractivity contribution in [2.75, 3.05) is 0 Å². The summed E-state index contributed by atoms with van der Waals surface area (Å²) in [5.74, 6) is -2.23. The second-order valence-corrected chi connectivity index (χ2v) is 5.13. The van der Waals surface area contributed by atoms with Crippen molar-refractivity contribution in [1.82, 2.24) is 0 Å². The molecule has 0 saturated heterocycles. The maximum Gasteiger partial charge on any atom is 3.00 e. The van der Waals surface area contributed by atoms with E-state index in [1.807, 2.05) is 13.8 Å². The molecule has 5 nitrogen and oxygen atoms in total. The molecule has 0 aromatic heterocycles. The zero-order valence-corrected chi connectivity index (χ0v) is 17.8. The van der Waals surface area contributed by atoms with Crippen LogP contribution in [0.3, 0.4) is 0 Å². The van der Waals surface area contributed by atoms with Gasteiger partial charge in [0, 0.05) is 11.9 Å². The molecule has 0 aromatic carbocycles. The monoisotopic (exact) mass is 418 g/mol. The summed E-state index contributed by atoms with van der Waals surface area (Å²) in [7, 11) is 0. The van der Waals surface area contributed by atoms with Crippen molar-refractivity contribution < 1.29 is 25.3 Å². The van der Waals surface area contributed by atoms with Crippen molar-refractivity contribution in [3.05, 3.63) is 0 Å². The number of carboxylic acids is 2. The van der Waals surface area contributed by atoms with Crippen molar-refractivity contribution >= 4 is 37.8 Å². The van der Waals surface area contributed by atoms with Crippen molar-refractivity contribution in [3.63, 3.8) is 0 Å². The van der Waals surface area contributed by atoms with Crippen molar-refractivity contribution in [2.24, 2.45) is 11.8 Å². The SMILES string of the molecule is CCCCC(CC)C(=O)[O-].CCCCC(CC)C(=O)[O-].[In+3].[OH-]. The molecule has 2 atom stereocenters. The maximum atomic E-state index is 10.3. The second kappa shape index (κ2) is 20.8. The predicted octanol–water partition coefficient (Wildman–Crippen LogP) is 1.35. The van der Waals surface area contributed by atoms with Crippen LogP contribution >= 0.6 is 0 Å². The number of unbranched alkanes of at least 4 members (excludes halogenated alkanes) is 2. The standard InChI is InChI=1S/2C8H16O2.In.H2O/c2*1-3-5-6-7(4-2)8(9)10;;/h2*7H,3-6H2,1-2H3,(H,9,10);;1H2/q;;+3;/p-3. The van der Waals surface area contributed by atoms with E-state index in [4.69, 9.17) is 0 Å². The van der Waals surface area contributed by atoms with Crippen LogP contribution in [0.15, 0.2) is 0 Å². The summed E-state index contributed by atoms with van der Waals surface area (Å²) in [6, 6.07) is 0. The molecule has 22 heavy (non-hydrogen) atoms. The van der Waals surface area contributed by atoms with Crippen molar-refractivity contribution in [1.29, 1.82) is 0 Å². The molecule has 0 radical (unpaired) electrons. The van der Waals surface area contributed by atoms with Crippen LogP contribution < -0.4 is 10.2 Å². The Kier molecular flexibility index (Phi) is 28.1. The van der Waals surface area contributed by atoms with Gasteiger partial charge in [0.25, 0.3) is 0 Å². The van der Waals surface area contributed by atoms with Gasteiger partial charge in [-0.15, -0.1) is 0 Å². The number of hydrogen-bond acceptors (Lipinski definition) is 5. The van der Waals surface area contributed by atoms with E-state index >= 15 is 0 Å². The third kappa shape index (κ3) is 17.8. The molecule has 0 aromatic rings. The Hall–Kier alpha value is -0.230.